The van der Waals surface area contributed by atoms with Gasteiger partial charge in [0.1, 0.15) is 23.9 Å². The van der Waals surface area contributed by atoms with E-state index in [2.05, 4.69) is 10.2 Å². The van der Waals surface area contributed by atoms with Gasteiger partial charge in [-0.1, -0.05) is 11.6 Å². The molecule has 0 atom stereocenters. The number of halogens is 1. The van der Waals surface area contributed by atoms with E-state index in [0.717, 1.165) is 43.8 Å². The molecule has 0 saturated carbocycles. The quantitative estimate of drug-likeness (QED) is 0.684. The standard InChI is InChI=1S/C23H29ClN2O4/c1-16-21(28-2)14-17(15-22(16)29-3)23(27)25-19-8-10-26(11-9-19)12-13-30-20-6-4-18(24)5-7-20/h4-7,14-15,19H,8-13H2,1-3H3,(H,25,27). The number of likely N-dealkylation sites (tertiary alicyclic amines) is 1. The molecule has 2 aromatic carbocycles. The molecule has 7 heteroatoms. The van der Waals surface area contributed by atoms with Gasteiger partial charge in [0.05, 0.1) is 14.2 Å². The Morgan fingerprint density at radius 2 is 1.70 bits per heavy atom. The van der Waals surface area contributed by atoms with Crippen LogP contribution in [-0.4, -0.2) is 57.3 Å². The third-order valence-electron chi connectivity index (χ3n) is 5.43. The fourth-order valence-electron chi connectivity index (χ4n) is 3.61. The van der Waals surface area contributed by atoms with Gasteiger partial charge < -0.3 is 19.5 Å². The zero-order chi connectivity index (χ0) is 21.5. The molecule has 1 amide bonds. The van der Waals surface area contributed by atoms with Crippen molar-refractivity contribution in [2.75, 3.05) is 40.5 Å². The van der Waals surface area contributed by atoms with E-state index in [4.69, 9.17) is 25.8 Å². The maximum Gasteiger partial charge on any atom is 0.251 e. The fraction of sp³-hybridized carbons (Fsp3) is 0.435. The number of benzene rings is 2. The first-order chi connectivity index (χ1) is 14.5. The van der Waals surface area contributed by atoms with Crippen LogP contribution in [0.1, 0.15) is 28.8 Å². The van der Waals surface area contributed by atoms with Crippen LogP contribution in [-0.2, 0) is 0 Å². The van der Waals surface area contributed by atoms with Crippen LogP contribution in [0.15, 0.2) is 36.4 Å². The van der Waals surface area contributed by atoms with Crippen molar-refractivity contribution in [3.63, 3.8) is 0 Å². The van der Waals surface area contributed by atoms with Gasteiger partial charge in [-0.2, -0.15) is 0 Å². The number of methoxy groups -OCH3 is 2. The topological polar surface area (TPSA) is 60.0 Å². The Balaban J connectivity index is 1.45. The van der Waals surface area contributed by atoms with Gasteiger partial charge >= 0.3 is 0 Å². The van der Waals surface area contributed by atoms with Crippen LogP contribution in [0.25, 0.3) is 0 Å². The highest BCUT2D eigenvalue weighted by Gasteiger charge is 2.22. The predicted octanol–water partition coefficient (Wildman–Crippen LogP) is 3.94. The third kappa shape index (κ3) is 5.80. The van der Waals surface area contributed by atoms with Gasteiger partial charge in [-0.25, -0.2) is 0 Å². The highest BCUT2D eigenvalue weighted by Crippen LogP contribution is 2.29. The number of rotatable bonds is 8. The van der Waals surface area contributed by atoms with E-state index in [0.29, 0.717) is 28.7 Å². The Bertz CT molecular complexity index is 824. The van der Waals surface area contributed by atoms with Crippen molar-refractivity contribution in [1.82, 2.24) is 10.2 Å². The summed E-state index contributed by atoms with van der Waals surface area (Å²) >= 11 is 5.89. The molecule has 1 fully saturated rings. The summed E-state index contributed by atoms with van der Waals surface area (Å²) in [6.45, 7) is 5.24. The monoisotopic (exact) mass is 432 g/mol. The Hall–Kier alpha value is -2.44. The number of carbonyl (C=O) groups is 1. The van der Waals surface area contributed by atoms with Crippen LogP contribution in [0, 0.1) is 6.92 Å². The number of hydrogen-bond donors (Lipinski definition) is 1. The molecule has 1 aliphatic rings. The molecule has 0 aromatic heterocycles. The van der Waals surface area contributed by atoms with Crippen LogP contribution < -0.4 is 19.5 Å². The number of piperidine rings is 1. The molecular formula is C23H29ClN2O4. The molecule has 2 aromatic rings. The summed E-state index contributed by atoms with van der Waals surface area (Å²) in [6, 6.07) is 11.1. The summed E-state index contributed by atoms with van der Waals surface area (Å²) < 4.78 is 16.5. The molecule has 0 unspecified atom stereocenters. The molecule has 0 radical (unpaired) electrons. The van der Waals surface area contributed by atoms with Gasteiger partial charge in [0.25, 0.3) is 5.91 Å². The molecule has 1 aliphatic heterocycles. The molecular weight excluding hydrogens is 404 g/mol. The normalized spacial score (nSPS) is 14.9. The number of ether oxygens (including phenoxy) is 3. The van der Waals surface area contributed by atoms with Gasteiger partial charge in [-0.15, -0.1) is 0 Å². The van der Waals surface area contributed by atoms with Gasteiger partial charge in [0.2, 0.25) is 0 Å². The van der Waals surface area contributed by atoms with E-state index in [1.165, 1.54) is 0 Å². The molecule has 162 valence electrons. The van der Waals surface area contributed by atoms with Crippen molar-refractivity contribution in [3.8, 4) is 17.2 Å². The largest absolute Gasteiger partial charge is 0.496 e. The number of hydrogen-bond acceptors (Lipinski definition) is 5. The minimum absolute atomic E-state index is 0.101. The maximum absolute atomic E-state index is 12.7. The summed E-state index contributed by atoms with van der Waals surface area (Å²) in [7, 11) is 3.19. The van der Waals surface area contributed by atoms with Crippen LogP contribution >= 0.6 is 11.6 Å². The summed E-state index contributed by atoms with van der Waals surface area (Å²) in [5.41, 5.74) is 1.43. The first-order valence-electron chi connectivity index (χ1n) is 10.1. The van der Waals surface area contributed by atoms with Gasteiger partial charge in [-0.05, 0) is 56.2 Å². The lowest BCUT2D eigenvalue weighted by Gasteiger charge is -2.32. The predicted molar refractivity (Wildman–Crippen MR) is 118 cm³/mol. The van der Waals surface area contributed by atoms with E-state index < -0.39 is 0 Å². The lowest BCUT2D eigenvalue weighted by Crippen LogP contribution is -2.45. The Labute approximate surface area is 183 Å². The van der Waals surface area contributed by atoms with E-state index in [1.54, 1.807) is 26.4 Å². The SMILES string of the molecule is COc1cc(C(=O)NC2CCN(CCOc3ccc(Cl)cc3)CC2)cc(OC)c1C. The lowest BCUT2D eigenvalue weighted by atomic mass is 10.0. The van der Waals surface area contributed by atoms with Crippen molar-refractivity contribution in [2.45, 2.75) is 25.8 Å². The summed E-state index contributed by atoms with van der Waals surface area (Å²) in [5.74, 6) is 2.02. The Morgan fingerprint density at radius 3 is 2.27 bits per heavy atom. The molecule has 3 rings (SSSR count). The van der Waals surface area contributed by atoms with Crippen LogP contribution in [0.3, 0.4) is 0 Å². The van der Waals surface area contributed by atoms with E-state index in [9.17, 15) is 4.79 Å². The fourth-order valence-corrected chi connectivity index (χ4v) is 3.74. The first kappa shape index (κ1) is 22.2. The summed E-state index contributed by atoms with van der Waals surface area (Å²) in [4.78, 5) is 15.1. The molecule has 1 N–H and O–H groups in total. The zero-order valence-electron chi connectivity index (χ0n) is 17.7. The van der Waals surface area contributed by atoms with Crippen molar-refractivity contribution >= 4 is 17.5 Å². The molecule has 0 bridgehead atoms. The number of carbonyl (C=O) groups excluding carboxylic acids is 1. The molecule has 0 aliphatic carbocycles. The van der Waals surface area contributed by atoms with E-state index in [1.807, 2.05) is 31.2 Å². The van der Waals surface area contributed by atoms with E-state index in [-0.39, 0.29) is 11.9 Å². The second-order valence-corrected chi connectivity index (χ2v) is 7.83. The summed E-state index contributed by atoms with van der Waals surface area (Å²) in [6.07, 6.45) is 1.82. The second-order valence-electron chi connectivity index (χ2n) is 7.40. The number of amides is 1. The van der Waals surface area contributed by atoms with Crippen LogP contribution in [0.5, 0.6) is 17.2 Å². The summed E-state index contributed by atoms with van der Waals surface area (Å²) in [5, 5.41) is 3.85. The zero-order valence-corrected chi connectivity index (χ0v) is 18.5. The minimum Gasteiger partial charge on any atom is -0.496 e. The van der Waals surface area contributed by atoms with Crippen LogP contribution in [0.4, 0.5) is 0 Å². The van der Waals surface area contributed by atoms with Gasteiger partial charge in [0.15, 0.2) is 0 Å². The Morgan fingerprint density at radius 1 is 1.10 bits per heavy atom. The molecule has 6 nitrogen and oxygen atoms in total. The average Bonchev–Trinajstić information content (AvgIpc) is 2.76. The van der Waals surface area contributed by atoms with E-state index >= 15 is 0 Å². The van der Waals surface area contributed by atoms with Crippen LogP contribution in [0.2, 0.25) is 5.02 Å². The second kappa shape index (κ2) is 10.5. The van der Waals surface area contributed by atoms with Crippen molar-refractivity contribution in [1.29, 1.82) is 0 Å². The maximum atomic E-state index is 12.7. The number of nitrogens with one attached hydrogen (secondary N) is 1. The first-order valence-corrected chi connectivity index (χ1v) is 10.5. The molecule has 1 heterocycles. The molecule has 1 saturated heterocycles. The van der Waals surface area contributed by atoms with Gasteiger partial charge in [-0.3, -0.25) is 9.69 Å². The Kier molecular flexibility index (Phi) is 7.82. The van der Waals surface area contributed by atoms with Crippen molar-refractivity contribution in [3.05, 3.63) is 52.5 Å². The number of nitrogens with zero attached hydrogens (tertiary/aromatic N) is 1. The highest BCUT2D eigenvalue weighted by atomic mass is 35.5. The lowest BCUT2D eigenvalue weighted by molar-refractivity contribution is 0.0904. The molecule has 30 heavy (non-hydrogen) atoms. The average molecular weight is 433 g/mol. The van der Waals surface area contributed by atoms with Gasteiger partial charge in [0, 0.05) is 41.8 Å². The third-order valence-corrected chi connectivity index (χ3v) is 5.68. The van der Waals surface area contributed by atoms with Crippen molar-refractivity contribution < 1.29 is 19.0 Å². The smallest absolute Gasteiger partial charge is 0.251 e. The van der Waals surface area contributed by atoms with Crippen molar-refractivity contribution in [2.24, 2.45) is 0 Å². The minimum atomic E-state index is -0.101. The molecule has 0 spiro atoms. The highest BCUT2D eigenvalue weighted by molar-refractivity contribution is 6.30.